The average Bonchev–Trinajstić information content (AvgIpc) is 3.02. The van der Waals surface area contributed by atoms with E-state index >= 15 is 0 Å². The summed E-state index contributed by atoms with van der Waals surface area (Å²) in [6, 6.07) is 12.7. The maximum atomic E-state index is 12.6. The fourth-order valence-corrected chi connectivity index (χ4v) is 2.79. The minimum absolute atomic E-state index is 0.162. The number of benzene rings is 1. The number of rotatable bonds is 7. The number of carboxylic acids is 1. The van der Waals surface area contributed by atoms with Gasteiger partial charge in [-0.05, 0) is 17.7 Å². The highest BCUT2D eigenvalue weighted by Crippen LogP contribution is 2.19. The Morgan fingerprint density at radius 3 is 2.41 bits per heavy atom. The molecule has 0 unspecified atom stereocenters. The molecular formula is C16H17NO4S. The van der Waals surface area contributed by atoms with Crippen LogP contribution in [0.1, 0.15) is 24.9 Å². The van der Waals surface area contributed by atoms with E-state index in [2.05, 4.69) is 0 Å². The topological polar surface area (TPSA) is 66.8 Å². The second-order valence-corrected chi connectivity index (χ2v) is 5.76. The zero-order valence-corrected chi connectivity index (χ0v) is 13.0. The predicted molar refractivity (Wildman–Crippen MR) is 84.3 cm³/mol. The normalized spacial score (nSPS) is 10.4. The van der Waals surface area contributed by atoms with Crippen LogP contribution in [0.15, 0.2) is 42.5 Å². The Bertz CT molecular complexity index is 639. The molecule has 1 heterocycles. The van der Waals surface area contributed by atoms with Crippen molar-refractivity contribution < 1.29 is 19.4 Å². The van der Waals surface area contributed by atoms with E-state index in [0.29, 0.717) is 24.6 Å². The van der Waals surface area contributed by atoms with Crippen molar-refractivity contribution in [2.24, 2.45) is 0 Å². The van der Waals surface area contributed by atoms with Crippen LogP contribution in [0.5, 0.6) is 0 Å². The number of carbonyl (C=O) groups excluding carboxylic acids is 1. The molecule has 0 saturated carbocycles. The number of thiophene rings is 1. The molecule has 0 aliphatic heterocycles. The molecule has 6 heteroatoms. The number of ether oxygens (including phenoxy) is 1. The Balaban J connectivity index is 2.16. The molecule has 1 amide bonds. The molecule has 0 aliphatic rings. The number of carboxylic acid groups (broad SMARTS) is 1. The molecule has 0 bridgehead atoms. The van der Waals surface area contributed by atoms with Gasteiger partial charge in [-0.25, -0.2) is 4.79 Å². The zero-order valence-electron chi connectivity index (χ0n) is 12.2. The van der Waals surface area contributed by atoms with Crippen molar-refractivity contribution in [1.29, 1.82) is 0 Å². The third-order valence-corrected chi connectivity index (χ3v) is 4.16. The Hall–Kier alpha value is -2.18. The van der Waals surface area contributed by atoms with Crippen LogP contribution in [0.3, 0.4) is 0 Å². The van der Waals surface area contributed by atoms with Crippen LogP contribution < -0.4 is 0 Å². The van der Waals surface area contributed by atoms with Gasteiger partial charge < -0.3 is 14.7 Å². The first kappa shape index (κ1) is 16.2. The van der Waals surface area contributed by atoms with Gasteiger partial charge in [-0.1, -0.05) is 30.3 Å². The largest absolute Gasteiger partial charge is 0.477 e. The molecule has 1 N–H and O–H groups in total. The maximum absolute atomic E-state index is 12.6. The number of amides is 1. The third-order valence-electron chi connectivity index (χ3n) is 3.10. The molecular weight excluding hydrogens is 302 g/mol. The van der Waals surface area contributed by atoms with Crippen LogP contribution >= 0.6 is 11.3 Å². The third kappa shape index (κ3) is 4.16. The van der Waals surface area contributed by atoms with Crippen LogP contribution in [0.4, 0.5) is 0 Å². The summed E-state index contributed by atoms with van der Waals surface area (Å²) in [7, 11) is 1.58. The van der Waals surface area contributed by atoms with Crippen LogP contribution in [-0.4, -0.2) is 42.1 Å². The lowest BCUT2D eigenvalue weighted by Crippen LogP contribution is -2.33. The number of carbonyl (C=O) groups is 2. The lowest BCUT2D eigenvalue weighted by atomic mass is 10.2. The fourth-order valence-electron chi connectivity index (χ4n) is 1.98. The molecule has 0 atom stereocenters. The van der Waals surface area contributed by atoms with E-state index in [1.54, 1.807) is 18.1 Å². The van der Waals surface area contributed by atoms with Crippen molar-refractivity contribution in [3.05, 3.63) is 57.8 Å². The van der Waals surface area contributed by atoms with Crippen molar-refractivity contribution >= 4 is 23.2 Å². The van der Waals surface area contributed by atoms with E-state index in [-0.39, 0.29) is 10.8 Å². The van der Waals surface area contributed by atoms with E-state index < -0.39 is 5.97 Å². The van der Waals surface area contributed by atoms with Gasteiger partial charge in [-0.15, -0.1) is 11.3 Å². The van der Waals surface area contributed by atoms with Gasteiger partial charge in [0.05, 0.1) is 11.5 Å². The number of aromatic carboxylic acids is 1. The summed E-state index contributed by atoms with van der Waals surface area (Å²) >= 11 is 0.990. The smallest absolute Gasteiger partial charge is 0.345 e. The minimum atomic E-state index is -1.02. The number of hydrogen-bond donors (Lipinski definition) is 1. The quantitative estimate of drug-likeness (QED) is 0.852. The molecule has 0 radical (unpaired) electrons. The molecule has 0 saturated heterocycles. The standard InChI is InChI=1S/C16H17NO4S/c1-21-10-9-17(11-12-5-3-2-4-6-12)15(18)13-7-8-14(22-13)16(19)20/h2-8H,9-11H2,1H3,(H,19,20). The summed E-state index contributed by atoms with van der Waals surface area (Å²) in [5.74, 6) is -1.20. The van der Waals surface area contributed by atoms with Gasteiger partial charge in [0.2, 0.25) is 0 Å². The van der Waals surface area contributed by atoms with Crippen LogP contribution in [0.2, 0.25) is 0 Å². The molecule has 1 aromatic carbocycles. The highest BCUT2D eigenvalue weighted by molar-refractivity contribution is 7.15. The second-order valence-electron chi connectivity index (χ2n) is 4.67. The highest BCUT2D eigenvalue weighted by atomic mass is 32.1. The molecule has 0 spiro atoms. The summed E-state index contributed by atoms with van der Waals surface area (Å²) < 4.78 is 5.05. The number of hydrogen-bond acceptors (Lipinski definition) is 4. The van der Waals surface area contributed by atoms with Crippen LogP contribution in [0, 0.1) is 0 Å². The monoisotopic (exact) mass is 319 g/mol. The van der Waals surface area contributed by atoms with Gasteiger partial charge in [-0.2, -0.15) is 0 Å². The van der Waals surface area contributed by atoms with Crippen molar-refractivity contribution in [2.75, 3.05) is 20.3 Å². The minimum Gasteiger partial charge on any atom is -0.477 e. The highest BCUT2D eigenvalue weighted by Gasteiger charge is 2.19. The number of methoxy groups -OCH3 is 1. The van der Waals surface area contributed by atoms with Crippen molar-refractivity contribution in [1.82, 2.24) is 4.90 Å². The molecule has 1 aromatic heterocycles. The molecule has 22 heavy (non-hydrogen) atoms. The summed E-state index contributed by atoms with van der Waals surface area (Å²) in [5.41, 5.74) is 1.02. The molecule has 0 aliphatic carbocycles. The molecule has 2 rings (SSSR count). The zero-order chi connectivity index (χ0) is 15.9. The number of nitrogens with zero attached hydrogens (tertiary/aromatic N) is 1. The lowest BCUT2D eigenvalue weighted by Gasteiger charge is -2.22. The molecule has 5 nitrogen and oxygen atoms in total. The van der Waals surface area contributed by atoms with E-state index in [0.717, 1.165) is 16.9 Å². The fraction of sp³-hybridized carbons (Fsp3) is 0.250. The van der Waals surface area contributed by atoms with Gasteiger partial charge in [-0.3, -0.25) is 4.79 Å². The summed E-state index contributed by atoms with van der Waals surface area (Å²) in [6.45, 7) is 1.34. The van der Waals surface area contributed by atoms with Crippen molar-refractivity contribution in [3.63, 3.8) is 0 Å². The van der Waals surface area contributed by atoms with Gasteiger partial charge in [0.25, 0.3) is 5.91 Å². The van der Waals surface area contributed by atoms with Gasteiger partial charge in [0.1, 0.15) is 4.88 Å². The van der Waals surface area contributed by atoms with E-state index in [1.165, 1.54) is 6.07 Å². The SMILES string of the molecule is COCCN(Cc1ccccc1)C(=O)c1ccc(C(=O)O)s1. The Kier molecular flexibility index (Phi) is 5.68. The van der Waals surface area contributed by atoms with Crippen molar-refractivity contribution in [2.45, 2.75) is 6.54 Å². The first-order valence-corrected chi connectivity index (χ1v) is 7.58. The van der Waals surface area contributed by atoms with Gasteiger partial charge in [0, 0.05) is 20.2 Å². The molecule has 0 fully saturated rings. The Morgan fingerprint density at radius 2 is 1.82 bits per heavy atom. The first-order valence-electron chi connectivity index (χ1n) is 6.77. The molecule has 2 aromatic rings. The van der Waals surface area contributed by atoms with Gasteiger partial charge >= 0.3 is 5.97 Å². The summed E-state index contributed by atoms with van der Waals surface area (Å²) in [4.78, 5) is 25.8. The van der Waals surface area contributed by atoms with E-state index in [9.17, 15) is 9.59 Å². The maximum Gasteiger partial charge on any atom is 0.345 e. The van der Waals surface area contributed by atoms with Crippen LogP contribution in [-0.2, 0) is 11.3 Å². The van der Waals surface area contributed by atoms with E-state index in [1.807, 2.05) is 30.3 Å². The lowest BCUT2D eigenvalue weighted by molar-refractivity contribution is 0.0683. The predicted octanol–water partition coefficient (Wildman–Crippen LogP) is 2.74. The summed E-state index contributed by atoms with van der Waals surface area (Å²) in [6.07, 6.45) is 0. The van der Waals surface area contributed by atoms with Crippen molar-refractivity contribution in [3.8, 4) is 0 Å². The molecule has 116 valence electrons. The van der Waals surface area contributed by atoms with Crippen LogP contribution in [0.25, 0.3) is 0 Å². The van der Waals surface area contributed by atoms with E-state index in [4.69, 9.17) is 9.84 Å². The Morgan fingerprint density at radius 1 is 1.14 bits per heavy atom. The average molecular weight is 319 g/mol. The second kappa shape index (κ2) is 7.72. The first-order chi connectivity index (χ1) is 10.6. The summed E-state index contributed by atoms with van der Waals surface area (Å²) in [5, 5.41) is 8.96. The Labute approximate surface area is 132 Å². The van der Waals surface area contributed by atoms with Gasteiger partial charge in [0.15, 0.2) is 0 Å².